The molecule has 0 radical (unpaired) electrons. The maximum absolute atomic E-state index is 12.9. The lowest BCUT2D eigenvalue weighted by atomic mass is 9.91. The molecule has 2 aromatic heterocycles. The summed E-state index contributed by atoms with van der Waals surface area (Å²) in [6.07, 6.45) is 1.54. The van der Waals surface area contributed by atoms with Crippen LogP contribution >= 0.6 is 0 Å². The average molecular weight is 432 g/mol. The summed E-state index contributed by atoms with van der Waals surface area (Å²) in [5, 5.41) is 0. The molecule has 1 unspecified atom stereocenters. The number of Topliss-reactive ketones (excluding diaryl/α,β-unsaturated/α-hetero) is 1. The van der Waals surface area contributed by atoms with Crippen LogP contribution in [0.3, 0.4) is 0 Å². The predicted octanol–water partition coefficient (Wildman–Crippen LogP) is 1.86. The molecule has 3 aliphatic rings. The van der Waals surface area contributed by atoms with Crippen molar-refractivity contribution in [1.29, 1.82) is 0 Å². The number of nitrogens with two attached hydrogens (primary N) is 1. The molecular weight excluding hydrogens is 402 g/mol. The number of aryl methyl sites for hydroxylation is 3. The van der Waals surface area contributed by atoms with E-state index in [-0.39, 0.29) is 28.9 Å². The zero-order valence-corrected chi connectivity index (χ0v) is 19.0. The minimum atomic E-state index is -3.58. The zero-order valence-electron chi connectivity index (χ0n) is 18.2. The molecule has 8 nitrogen and oxygen atoms in total. The molecule has 0 amide bonds. The molecule has 9 heteroatoms. The highest BCUT2D eigenvalue weighted by atomic mass is 32.2. The van der Waals surface area contributed by atoms with Gasteiger partial charge in [-0.2, -0.15) is 0 Å². The number of carbonyl (C=O) groups is 1. The summed E-state index contributed by atoms with van der Waals surface area (Å²) in [7, 11) is -3.58. The van der Waals surface area contributed by atoms with Gasteiger partial charge >= 0.3 is 0 Å². The van der Waals surface area contributed by atoms with Crippen LogP contribution in [0.15, 0.2) is 0 Å². The summed E-state index contributed by atoms with van der Waals surface area (Å²) in [6.45, 7) is 10.5. The van der Waals surface area contributed by atoms with Crippen molar-refractivity contribution in [2.75, 3.05) is 18.0 Å². The third-order valence-electron chi connectivity index (χ3n) is 8.55. The molecule has 0 bridgehead atoms. The van der Waals surface area contributed by atoms with Gasteiger partial charge in [0.15, 0.2) is 5.82 Å². The van der Waals surface area contributed by atoms with Gasteiger partial charge in [0.05, 0.1) is 16.7 Å². The van der Waals surface area contributed by atoms with Gasteiger partial charge in [-0.1, -0.05) is 13.8 Å². The highest BCUT2D eigenvalue weighted by molar-refractivity contribution is 7.89. The standard InChI is InChI=1S/C21H29N5O3S/c1-11-12(2)24-18(22)16-17(11)26(13(3)25-16)7-6-23-30(28,29)10-21-15(27)8-14-9-20(14,21)19(21,4)5/h14,23H,6-10H2,1-5H3,(H2,22,24)/t14-,20?,21-/m0/s1. The van der Waals surface area contributed by atoms with Gasteiger partial charge in [0.25, 0.3) is 0 Å². The number of aromatic nitrogens is 3. The van der Waals surface area contributed by atoms with Crippen molar-refractivity contribution in [3.05, 3.63) is 17.1 Å². The fourth-order valence-corrected chi connectivity index (χ4v) is 8.74. The quantitative estimate of drug-likeness (QED) is 0.720. The Morgan fingerprint density at radius 2 is 1.93 bits per heavy atom. The molecule has 3 aliphatic carbocycles. The van der Waals surface area contributed by atoms with E-state index in [1.807, 2.05) is 25.3 Å². The number of hydrogen-bond donors (Lipinski definition) is 2. The van der Waals surface area contributed by atoms with Gasteiger partial charge in [-0.05, 0) is 49.5 Å². The van der Waals surface area contributed by atoms with E-state index in [1.165, 1.54) is 0 Å². The third kappa shape index (κ3) is 2.15. The van der Waals surface area contributed by atoms with Crippen molar-refractivity contribution < 1.29 is 13.2 Å². The molecule has 0 aliphatic heterocycles. The van der Waals surface area contributed by atoms with Gasteiger partial charge in [-0.25, -0.2) is 23.1 Å². The number of carbonyl (C=O) groups excluding carboxylic acids is 1. The van der Waals surface area contributed by atoms with Crippen molar-refractivity contribution in [2.45, 2.75) is 54.0 Å². The van der Waals surface area contributed by atoms with Crippen LogP contribution in [-0.2, 0) is 21.4 Å². The molecule has 2 heterocycles. The van der Waals surface area contributed by atoms with Crippen LogP contribution in [0.5, 0.6) is 0 Å². The first-order valence-corrected chi connectivity index (χ1v) is 12.1. The summed E-state index contributed by atoms with van der Waals surface area (Å²) >= 11 is 0. The average Bonchev–Trinajstić information content (AvgIpc) is 3.34. The summed E-state index contributed by atoms with van der Waals surface area (Å²) in [6, 6.07) is 0. The van der Waals surface area contributed by atoms with Crippen LogP contribution in [0.25, 0.3) is 11.0 Å². The van der Waals surface area contributed by atoms with Crippen molar-refractivity contribution >= 4 is 32.7 Å². The molecule has 3 atom stereocenters. The molecular formula is C21H29N5O3S. The molecule has 3 fully saturated rings. The first kappa shape index (κ1) is 19.9. The molecule has 0 aromatic carbocycles. The van der Waals surface area contributed by atoms with Gasteiger partial charge in [0.1, 0.15) is 17.1 Å². The summed E-state index contributed by atoms with van der Waals surface area (Å²) in [4.78, 5) is 21.6. The van der Waals surface area contributed by atoms with Crippen molar-refractivity contribution in [2.24, 2.45) is 22.2 Å². The van der Waals surface area contributed by atoms with Crippen molar-refractivity contribution in [3.8, 4) is 0 Å². The van der Waals surface area contributed by atoms with Gasteiger partial charge in [-0.15, -0.1) is 0 Å². The molecule has 5 rings (SSSR count). The Hall–Kier alpha value is -2.00. The number of sulfonamides is 1. The maximum Gasteiger partial charge on any atom is 0.212 e. The fraction of sp³-hybridized carbons (Fsp3) is 0.667. The molecule has 162 valence electrons. The zero-order chi connectivity index (χ0) is 21.9. The largest absolute Gasteiger partial charge is 0.382 e. The molecule has 2 aromatic rings. The van der Waals surface area contributed by atoms with Crippen LogP contribution in [0.2, 0.25) is 0 Å². The van der Waals surface area contributed by atoms with Gasteiger partial charge in [0.2, 0.25) is 10.0 Å². The number of nitrogens with one attached hydrogen (secondary N) is 1. The van der Waals surface area contributed by atoms with E-state index in [2.05, 4.69) is 28.5 Å². The number of hydrogen-bond acceptors (Lipinski definition) is 6. The lowest BCUT2D eigenvalue weighted by molar-refractivity contribution is -0.124. The summed E-state index contributed by atoms with van der Waals surface area (Å²) in [5.74, 6) is 1.58. The van der Waals surface area contributed by atoms with Crippen LogP contribution < -0.4 is 10.5 Å². The first-order chi connectivity index (χ1) is 13.9. The lowest BCUT2D eigenvalue weighted by Crippen LogP contribution is -2.37. The van der Waals surface area contributed by atoms with Crippen LogP contribution in [-0.4, -0.2) is 41.0 Å². The normalized spacial score (nSPS) is 31.1. The number of rotatable bonds is 6. The Morgan fingerprint density at radius 3 is 2.57 bits per heavy atom. The highest BCUT2D eigenvalue weighted by Gasteiger charge is 2.97. The second kappa shape index (κ2) is 5.62. The highest BCUT2D eigenvalue weighted by Crippen LogP contribution is 2.96. The monoisotopic (exact) mass is 431 g/mol. The Balaban J connectivity index is 1.35. The Kier molecular flexibility index (Phi) is 3.73. The maximum atomic E-state index is 12.9. The van der Waals surface area contributed by atoms with Crippen LogP contribution in [0.1, 0.15) is 43.8 Å². The topological polar surface area (TPSA) is 120 Å². The fourth-order valence-electron chi connectivity index (χ4n) is 6.88. The second-order valence-electron chi connectivity index (χ2n) is 9.90. The van der Waals surface area contributed by atoms with Crippen LogP contribution in [0, 0.1) is 42.9 Å². The third-order valence-corrected chi connectivity index (χ3v) is 10.0. The van der Waals surface area contributed by atoms with E-state index >= 15 is 0 Å². The van der Waals surface area contributed by atoms with E-state index in [0.29, 0.717) is 30.2 Å². The molecule has 3 N–H and O–H groups in total. The second-order valence-corrected chi connectivity index (χ2v) is 11.7. The lowest BCUT2D eigenvalue weighted by Gasteiger charge is -2.19. The summed E-state index contributed by atoms with van der Waals surface area (Å²) < 4.78 is 30.6. The van der Waals surface area contributed by atoms with E-state index < -0.39 is 15.4 Å². The Bertz CT molecular complexity index is 1230. The smallest absolute Gasteiger partial charge is 0.212 e. The number of ketones is 1. The molecule has 0 saturated heterocycles. The minimum Gasteiger partial charge on any atom is -0.382 e. The van der Waals surface area contributed by atoms with E-state index in [4.69, 9.17) is 5.73 Å². The van der Waals surface area contributed by atoms with Crippen molar-refractivity contribution in [1.82, 2.24) is 19.3 Å². The number of anilines is 1. The molecule has 1 spiro atoms. The number of fused-ring (bicyclic) bond motifs is 1. The first-order valence-electron chi connectivity index (χ1n) is 10.5. The minimum absolute atomic E-state index is 0.0673. The molecule has 3 saturated carbocycles. The Labute approximate surface area is 176 Å². The summed E-state index contributed by atoms with van der Waals surface area (Å²) in [5.41, 5.74) is 8.43. The SMILES string of the molecule is Cc1nc(N)c2nc(C)n(CCNS(=O)(=O)C[C@@]34C(=O)C[C@H]5CC53C4(C)C)c2c1C. The number of nitrogen functional groups attached to an aromatic ring is 1. The number of nitrogens with zero attached hydrogens (tertiary/aromatic N) is 3. The van der Waals surface area contributed by atoms with E-state index in [9.17, 15) is 13.2 Å². The molecule has 30 heavy (non-hydrogen) atoms. The van der Waals surface area contributed by atoms with Gasteiger partial charge in [-0.3, -0.25) is 4.79 Å². The van der Waals surface area contributed by atoms with Gasteiger partial charge < -0.3 is 10.3 Å². The predicted molar refractivity (Wildman–Crippen MR) is 114 cm³/mol. The van der Waals surface area contributed by atoms with E-state index in [1.54, 1.807) is 0 Å². The van der Waals surface area contributed by atoms with E-state index in [0.717, 1.165) is 29.0 Å². The Morgan fingerprint density at radius 1 is 1.23 bits per heavy atom. The van der Waals surface area contributed by atoms with Gasteiger partial charge in [0, 0.05) is 25.2 Å². The number of imidazole rings is 1. The number of pyridine rings is 1. The van der Waals surface area contributed by atoms with Crippen molar-refractivity contribution in [3.63, 3.8) is 0 Å². The van der Waals surface area contributed by atoms with Crippen LogP contribution in [0.4, 0.5) is 5.82 Å².